The second-order valence-electron chi connectivity index (χ2n) is 8.43. The highest BCUT2D eigenvalue weighted by atomic mass is 16.6. The van der Waals surface area contributed by atoms with Crippen molar-refractivity contribution in [2.75, 3.05) is 0 Å². The van der Waals surface area contributed by atoms with Crippen molar-refractivity contribution in [3.63, 3.8) is 0 Å². The van der Waals surface area contributed by atoms with Gasteiger partial charge in [0, 0.05) is 0 Å². The number of rotatable bonds is 12. The molecule has 0 radical (unpaired) electrons. The molecular weight excluding hydrogens is 488 g/mol. The fourth-order valence-electron chi connectivity index (χ4n) is 3.29. The summed E-state index contributed by atoms with van der Waals surface area (Å²) in [4.78, 5) is 50.2. The van der Waals surface area contributed by atoms with E-state index in [-0.39, 0.29) is 19.8 Å². The normalized spacial score (nSPS) is 11.9. The number of nitrogens with one attached hydrogen (secondary N) is 2. The van der Waals surface area contributed by atoms with E-state index in [1.54, 1.807) is 48.5 Å². The third kappa shape index (κ3) is 9.77. The van der Waals surface area contributed by atoms with Crippen molar-refractivity contribution < 1.29 is 33.4 Å². The molecule has 198 valence electrons. The predicted molar refractivity (Wildman–Crippen MR) is 138 cm³/mol. The Morgan fingerprint density at radius 2 is 1.08 bits per heavy atom. The molecule has 0 unspecified atom stereocenters. The summed E-state index contributed by atoms with van der Waals surface area (Å²) < 4.78 is 15.7. The van der Waals surface area contributed by atoms with Crippen LogP contribution in [0.5, 0.6) is 0 Å². The zero-order valence-corrected chi connectivity index (χ0v) is 21.0. The quantitative estimate of drug-likeness (QED) is 0.277. The van der Waals surface area contributed by atoms with Gasteiger partial charge in [-0.15, -0.1) is 0 Å². The Labute approximate surface area is 221 Å². The number of carbonyl (C=O) groups is 4. The molecule has 0 saturated carbocycles. The minimum absolute atomic E-state index is 0.0185. The standard InChI is InChI=1S/C29H30N2O7/c1-21(30-29(35)38-20-24-15-9-4-10-16-24)27(33)31-25(28(34)37-19-23-13-7-3-8-14-23)17-26(32)36-18-22-11-5-2-6-12-22/h2-16,21,25H,17-20H2,1H3,(H,30,35)(H,31,33)/t21-,25-/m1/s1. The summed E-state index contributed by atoms with van der Waals surface area (Å²) in [7, 11) is 0. The van der Waals surface area contributed by atoms with Crippen LogP contribution in [0.1, 0.15) is 30.0 Å². The highest BCUT2D eigenvalue weighted by Crippen LogP contribution is 2.08. The second-order valence-corrected chi connectivity index (χ2v) is 8.43. The number of ether oxygens (including phenoxy) is 3. The molecule has 0 bridgehead atoms. The van der Waals surface area contributed by atoms with E-state index >= 15 is 0 Å². The molecule has 0 aromatic heterocycles. The number of alkyl carbamates (subject to hydrolysis) is 1. The van der Waals surface area contributed by atoms with Gasteiger partial charge in [-0.1, -0.05) is 91.0 Å². The lowest BCUT2D eigenvalue weighted by Crippen LogP contribution is -2.51. The molecule has 0 saturated heterocycles. The van der Waals surface area contributed by atoms with Crippen LogP contribution in [0.4, 0.5) is 4.79 Å². The van der Waals surface area contributed by atoms with E-state index in [2.05, 4.69) is 10.6 Å². The molecule has 2 atom stereocenters. The molecule has 0 aliphatic heterocycles. The van der Waals surface area contributed by atoms with Gasteiger partial charge < -0.3 is 24.8 Å². The Balaban J connectivity index is 1.56. The van der Waals surface area contributed by atoms with Crippen LogP contribution in [-0.2, 0) is 48.4 Å². The highest BCUT2D eigenvalue weighted by molar-refractivity contribution is 5.91. The Morgan fingerprint density at radius 3 is 1.58 bits per heavy atom. The average molecular weight is 519 g/mol. The van der Waals surface area contributed by atoms with Gasteiger partial charge in [0.15, 0.2) is 0 Å². The van der Waals surface area contributed by atoms with Crippen molar-refractivity contribution >= 4 is 23.9 Å². The summed E-state index contributed by atoms with van der Waals surface area (Å²) >= 11 is 0. The van der Waals surface area contributed by atoms with Gasteiger partial charge in [-0.2, -0.15) is 0 Å². The van der Waals surface area contributed by atoms with Gasteiger partial charge in [0.2, 0.25) is 5.91 Å². The zero-order valence-electron chi connectivity index (χ0n) is 21.0. The largest absolute Gasteiger partial charge is 0.461 e. The molecule has 9 heteroatoms. The van der Waals surface area contributed by atoms with Gasteiger partial charge in [-0.25, -0.2) is 9.59 Å². The van der Waals surface area contributed by atoms with Crippen LogP contribution in [-0.4, -0.2) is 36.0 Å². The van der Waals surface area contributed by atoms with Crippen LogP contribution in [0.15, 0.2) is 91.0 Å². The third-order valence-electron chi connectivity index (χ3n) is 5.38. The van der Waals surface area contributed by atoms with Gasteiger partial charge in [0.1, 0.15) is 31.9 Å². The summed E-state index contributed by atoms with van der Waals surface area (Å²) in [6, 6.07) is 24.7. The van der Waals surface area contributed by atoms with E-state index in [4.69, 9.17) is 14.2 Å². The van der Waals surface area contributed by atoms with Crippen molar-refractivity contribution in [3.05, 3.63) is 108 Å². The smallest absolute Gasteiger partial charge is 0.408 e. The van der Waals surface area contributed by atoms with E-state index in [9.17, 15) is 19.2 Å². The number of hydrogen-bond donors (Lipinski definition) is 2. The number of hydrogen-bond acceptors (Lipinski definition) is 7. The van der Waals surface area contributed by atoms with Crippen molar-refractivity contribution in [1.82, 2.24) is 10.6 Å². The summed E-state index contributed by atoms with van der Waals surface area (Å²) in [5.41, 5.74) is 2.31. The summed E-state index contributed by atoms with van der Waals surface area (Å²) in [5, 5.41) is 4.89. The number of amides is 2. The van der Waals surface area contributed by atoms with E-state index < -0.39 is 42.4 Å². The predicted octanol–water partition coefficient (Wildman–Crippen LogP) is 3.66. The van der Waals surface area contributed by atoms with Gasteiger partial charge in [-0.3, -0.25) is 9.59 Å². The maximum absolute atomic E-state index is 12.8. The average Bonchev–Trinajstić information content (AvgIpc) is 2.95. The molecule has 0 fully saturated rings. The summed E-state index contributed by atoms with van der Waals surface area (Å²) in [6.45, 7) is 1.44. The molecule has 9 nitrogen and oxygen atoms in total. The lowest BCUT2D eigenvalue weighted by molar-refractivity contribution is -0.155. The maximum Gasteiger partial charge on any atom is 0.408 e. The monoisotopic (exact) mass is 518 g/mol. The summed E-state index contributed by atoms with van der Waals surface area (Å²) in [5.74, 6) is -2.20. The molecule has 0 aliphatic carbocycles. The van der Waals surface area contributed by atoms with Crippen molar-refractivity contribution in [1.29, 1.82) is 0 Å². The first-order chi connectivity index (χ1) is 18.4. The molecule has 3 aromatic carbocycles. The lowest BCUT2D eigenvalue weighted by Gasteiger charge is -2.20. The van der Waals surface area contributed by atoms with Gasteiger partial charge in [-0.05, 0) is 23.6 Å². The zero-order chi connectivity index (χ0) is 27.2. The first-order valence-electron chi connectivity index (χ1n) is 12.1. The number of benzene rings is 3. The molecule has 0 aliphatic rings. The van der Waals surface area contributed by atoms with Crippen molar-refractivity contribution in [2.24, 2.45) is 0 Å². The summed E-state index contributed by atoms with van der Waals surface area (Å²) in [6.07, 6.45) is -1.25. The molecule has 0 spiro atoms. The Hall–Kier alpha value is -4.66. The van der Waals surface area contributed by atoms with Crippen LogP contribution in [0.2, 0.25) is 0 Å². The first kappa shape index (κ1) is 27.9. The molecule has 0 heterocycles. The Bertz CT molecular complexity index is 1190. The topological polar surface area (TPSA) is 120 Å². The molecule has 3 aromatic rings. The van der Waals surface area contributed by atoms with E-state index in [1.807, 2.05) is 42.5 Å². The fourth-order valence-corrected chi connectivity index (χ4v) is 3.29. The van der Waals surface area contributed by atoms with Crippen LogP contribution in [0.25, 0.3) is 0 Å². The van der Waals surface area contributed by atoms with Gasteiger partial charge in [0.25, 0.3) is 0 Å². The van der Waals surface area contributed by atoms with E-state index in [0.717, 1.165) is 16.7 Å². The van der Waals surface area contributed by atoms with Crippen LogP contribution in [0.3, 0.4) is 0 Å². The highest BCUT2D eigenvalue weighted by Gasteiger charge is 2.29. The van der Waals surface area contributed by atoms with Crippen molar-refractivity contribution in [2.45, 2.75) is 45.2 Å². The molecule has 2 amide bonds. The molecular formula is C29H30N2O7. The molecule has 2 N–H and O–H groups in total. The number of carbonyl (C=O) groups excluding carboxylic acids is 4. The van der Waals surface area contributed by atoms with E-state index in [1.165, 1.54) is 6.92 Å². The minimum Gasteiger partial charge on any atom is -0.461 e. The lowest BCUT2D eigenvalue weighted by atomic mass is 10.2. The van der Waals surface area contributed by atoms with Crippen LogP contribution in [0, 0.1) is 0 Å². The minimum atomic E-state index is -1.32. The fraction of sp³-hybridized carbons (Fsp3) is 0.241. The first-order valence-corrected chi connectivity index (χ1v) is 12.1. The second kappa shape index (κ2) is 14.8. The van der Waals surface area contributed by atoms with Gasteiger partial charge in [0.05, 0.1) is 6.42 Å². The number of esters is 2. The van der Waals surface area contributed by atoms with Crippen molar-refractivity contribution in [3.8, 4) is 0 Å². The molecule has 38 heavy (non-hydrogen) atoms. The Morgan fingerprint density at radius 1 is 0.632 bits per heavy atom. The maximum atomic E-state index is 12.8. The van der Waals surface area contributed by atoms with Crippen LogP contribution >= 0.6 is 0 Å². The van der Waals surface area contributed by atoms with Crippen LogP contribution < -0.4 is 10.6 Å². The van der Waals surface area contributed by atoms with Gasteiger partial charge >= 0.3 is 18.0 Å². The SMILES string of the molecule is C[C@@H](NC(=O)OCc1ccccc1)C(=O)N[C@H](CC(=O)OCc1ccccc1)C(=O)OCc1ccccc1. The molecule has 3 rings (SSSR count). The van der Waals surface area contributed by atoms with E-state index in [0.29, 0.717) is 0 Å². The third-order valence-corrected chi connectivity index (χ3v) is 5.38. The Kier molecular flexibility index (Phi) is 10.9.